The van der Waals surface area contributed by atoms with Crippen molar-refractivity contribution >= 4 is 18.0 Å². The third kappa shape index (κ3) is 3.61. The summed E-state index contributed by atoms with van der Waals surface area (Å²) in [4.78, 5) is 11.6. The standard InChI is InChI=1S/C10H12O2S/c1-12-5-6-13-10-4-2-3-9(7-10)8-11/h2-4,7-8H,5-6H2,1H3. The Labute approximate surface area is 82.3 Å². The van der Waals surface area contributed by atoms with Gasteiger partial charge in [0.15, 0.2) is 0 Å². The Hall–Kier alpha value is -0.800. The van der Waals surface area contributed by atoms with Gasteiger partial charge in [0.25, 0.3) is 0 Å². The lowest BCUT2D eigenvalue weighted by Gasteiger charge is -2.00. The third-order valence-corrected chi connectivity index (χ3v) is 2.51. The molecule has 0 spiro atoms. The van der Waals surface area contributed by atoms with Crippen molar-refractivity contribution in [3.63, 3.8) is 0 Å². The van der Waals surface area contributed by atoms with Gasteiger partial charge in [-0.2, -0.15) is 0 Å². The summed E-state index contributed by atoms with van der Waals surface area (Å²) in [6, 6.07) is 7.56. The zero-order valence-electron chi connectivity index (χ0n) is 7.53. The lowest BCUT2D eigenvalue weighted by molar-refractivity contribution is 0.112. The van der Waals surface area contributed by atoms with Crippen LogP contribution >= 0.6 is 11.8 Å². The molecule has 3 heteroatoms. The molecule has 0 aliphatic heterocycles. The molecule has 0 aliphatic carbocycles. The summed E-state index contributed by atoms with van der Waals surface area (Å²) in [5.41, 5.74) is 0.724. The molecule has 0 fully saturated rings. The molecule has 0 heterocycles. The lowest BCUT2D eigenvalue weighted by atomic mass is 10.2. The SMILES string of the molecule is COCCSc1cccc(C=O)c1. The highest BCUT2D eigenvalue weighted by Gasteiger charge is 1.95. The Bertz CT molecular complexity index is 273. The largest absolute Gasteiger partial charge is 0.384 e. The Morgan fingerprint density at radius 1 is 1.54 bits per heavy atom. The number of hydrogen-bond acceptors (Lipinski definition) is 3. The van der Waals surface area contributed by atoms with Gasteiger partial charge in [0.1, 0.15) is 6.29 Å². The van der Waals surface area contributed by atoms with Crippen molar-refractivity contribution in [2.45, 2.75) is 4.90 Å². The second kappa shape index (κ2) is 5.78. The van der Waals surface area contributed by atoms with Gasteiger partial charge in [0.05, 0.1) is 6.61 Å². The number of carbonyl (C=O) groups is 1. The van der Waals surface area contributed by atoms with Gasteiger partial charge < -0.3 is 4.74 Å². The van der Waals surface area contributed by atoms with E-state index in [2.05, 4.69) is 0 Å². The van der Waals surface area contributed by atoms with Gasteiger partial charge in [0.2, 0.25) is 0 Å². The second-order valence-electron chi connectivity index (χ2n) is 2.53. The number of methoxy groups -OCH3 is 1. The van der Waals surface area contributed by atoms with Crippen LogP contribution in [0.5, 0.6) is 0 Å². The average molecular weight is 196 g/mol. The molecule has 0 unspecified atom stereocenters. The molecule has 0 N–H and O–H groups in total. The molecular weight excluding hydrogens is 184 g/mol. The smallest absolute Gasteiger partial charge is 0.150 e. The fourth-order valence-corrected chi connectivity index (χ4v) is 1.80. The number of ether oxygens (including phenoxy) is 1. The van der Waals surface area contributed by atoms with Crippen LogP contribution in [0.1, 0.15) is 10.4 Å². The van der Waals surface area contributed by atoms with Crippen LogP contribution in [0, 0.1) is 0 Å². The summed E-state index contributed by atoms with van der Waals surface area (Å²) in [5, 5.41) is 0. The number of aldehydes is 1. The summed E-state index contributed by atoms with van der Waals surface area (Å²) in [5.74, 6) is 0.915. The molecule has 13 heavy (non-hydrogen) atoms. The molecule has 70 valence electrons. The molecule has 0 aliphatic rings. The molecule has 1 rings (SSSR count). The van der Waals surface area contributed by atoms with Gasteiger partial charge in [-0.05, 0) is 12.1 Å². The van der Waals surface area contributed by atoms with Gasteiger partial charge in [-0.1, -0.05) is 12.1 Å². The van der Waals surface area contributed by atoms with Crippen LogP contribution in [-0.2, 0) is 4.74 Å². The molecule has 0 amide bonds. The van der Waals surface area contributed by atoms with Crippen LogP contribution in [0.25, 0.3) is 0 Å². The first-order valence-corrected chi connectivity index (χ1v) is 5.02. The van der Waals surface area contributed by atoms with Crippen molar-refractivity contribution in [2.24, 2.45) is 0 Å². The third-order valence-electron chi connectivity index (χ3n) is 1.55. The first-order valence-electron chi connectivity index (χ1n) is 4.04. The van der Waals surface area contributed by atoms with Crippen LogP contribution in [0.15, 0.2) is 29.2 Å². The summed E-state index contributed by atoms with van der Waals surface area (Å²) in [6.45, 7) is 0.732. The van der Waals surface area contributed by atoms with Crippen LogP contribution in [0.3, 0.4) is 0 Å². The minimum Gasteiger partial charge on any atom is -0.384 e. The molecule has 2 nitrogen and oxygen atoms in total. The van der Waals surface area contributed by atoms with Gasteiger partial charge >= 0.3 is 0 Å². The van der Waals surface area contributed by atoms with E-state index in [1.54, 1.807) is 24.9 Å². The molecule has 0 saturated heterocycles. The van der Waals surface area contributed by atoms with Crippen LogP contribution < -0.4 is 0 Å². The minimum atomic E-state index is 0.724. The molecule has 1 aromatic rings. The first kappa shape index (κ1) is 10.3. The van der Waals surface area contributed by atoms with E-state index in [4.69, 9.17) is 4.74 Å². The van der Waals surface area contributed by atoms with Crippen molar-refractivity contribution in [1.29, 1.82) is 0 Å². The van der Waals surface area contributed by atoms with E-state index in [-0.39, 0.29) is 0 Å². The number of rotatable bonds is 5. The van der Waals surface area contributed by atoms with Crippen molar-refractivity contribution in [3.8, 4) is 0 Å². The van der Waals surface area contributed by atoms with E-state index in [9.17, 15) is 4.79 Å². The minimum absolute atomic E-state index is 0.724. The summed E-state index contributed by atoms with van der Waals surface area (Å²) in [7, 11) is 1.68. The number of benzene rings is 1. The fraction of sp³-hybridized carbons (Fsp3) is 0.300. The quantitative estimate of drug-likeness (QED) is 0.410. The fourth-order valence-electron chi connectivity index (χ4n) is 0.920. The second-order valence-corrected chi connectivity index (χ2v) is 3.70. The van der Waals surface area contributed by atoms with Crippen LogP contribution in [0.2, 0.25) is 0 Å². The van der Waals surface area contributed by atoms with E-state index < -0.39 is 0 Å². The summed E-state index contributed by atoms with van der Waals surface area (Å²) >= 11 is 1.69. The van der Waals surface area contributed by atoms with Crippen molar-refractivity contribution < 1.29 is 9.53 Å². The number of carbonyl (C=O) groups excluding carboxylic acids is 1. The summed E-state index contributed by atoms with van der Waals surface area (Å²) in [6.07, 6.45) is 0.861. The monoisotopic (exact) mass is 196 g/mol. The first-order chi connectivity index (χ1) is 6.36. The molecule has 0 radical (unpaired) electrons. The number of hydrogen-bond donors (Lipinski definition) is 0. The van der Waals surface area contributed by atoms with Gasteiger partial charge in [-0.15, -0.1) is 11.8 Å². The average Bonchev–Trinajstić information content (AvgIpc) is 2.19. The molecular formula is C10H12O2S. The highest BCUT2D eigenvalue weighted by Crippen LogP contribution is 2.17. The predicted molar refractivity (Wildman–Crippen MR) is 54.4 cm³/mol. The van der Waals surface area contributed by atoms with E-state index in [1.807, 2.05) is 18.2 Å². The van der Waals surface area contributed by atoms with Gasteiger partial charge in [-0.3, -0.25) is 4.79 Å². The highest BCUT2D eigenvalue weighted by atomic mass is 32.2. The van der Waals surface area contributed by atoms with E-state index in [0.29, 0.717) is 0 Å². The normalized spacial score (nSPS) is 9.92. The zero-order valence-corrected chi connectivity index (χ0v) is 8.34. The Balaban J connectivity index is 2.51. The Morgan fingerprint density at radius 3 is 3.08 bits per heavy atom. The molecule has 1 aromatic carbocycles. The van der Waals surface area contributed by atoms with Crippen molar-refractivity contribution in [1.82, 2.24) is 0 Å². The maximum atomic E-state index is 10.5. The van der Waals surface area contributed by atoms with Gasteiger partial charge in [-0.25, -0.2) is 0 Å². The molecule has 0 bridgehead atoms. The molecule has 0 atom stereocenters. The maximum Gasteiger partial charge on any atom is 0.150 e. The van der Waals surface area contributed by atoms with E-state index in [0.717, 1.165) is 29.1 Å². The van der Waals surface area contributed by atoms with Crippen LogP contribution in [0.4, 0.5) is 0 Å². The Kier molecular flexibility index (Phi) is 4.57. The highest BCUT2D eigenvalue weighted by molar-refractivity contribution is 7.99. The molecule has 0 saturated carbocycles. The van der Waals surface area contributed by atoms with Crippen molar-refractivity contribution in [2.75, 3.05) is 19.5 Å². The van der Waals surface area contributed by atoms with E-state index in [1.165, 1.54) is 0 Å². The summed E-state index contributed by atoms with van der Waals surface area (Å²) < 4.78 is 4.93. The zero-order chi connectivity index (χ0) is 9.52. The van der Waals surface area contributed by atoms with Gasteiger partial charge in [0, 0.05) is 23.3 Å². The maximum absolute atomic E-state index is 10.5. The lowest BCUT2D eigenvalue weighted by Crippen LogP contribution is -1.91. The topological polar surface area (TPSA) is 26.3 Å². The van der Waals surface area contributed by atoms with Crippen molar-refractivity contribution in [3.05, 3.63) is 29.8 Å². The van der Waals surface area contributed by atoms with Crippen LogP contribution in [-0.4, -0.2) is 25.8 Å². The van der Waals surface area contributed by atoms with E-state index >= 15 is 0 Å². The molecule has 0 aromatic heterocycles. The Morgan fingerprint density at radius 2 is 2.38 bits per heavy atom. The number of thioether (sulfide) groups is 1. The predicted octanol–water partition coefficient (Wildman–Crippen LogP) is 2.24.